The lowest BCUT2D eigenvalue weighted by Gasteiger charge is -2.18. The molecule has 0 bridgehead atoms. The third-order valence-corrected chi connectivity index (χ3v) is 5.49. The summed E-state index contributed by atoms with van der Waals surface area (Å²) in [5, 5.41) is 2.94. The highest BCUT2D eigenvalue weighted by atomic mass is 31.2. The van der Waals surface area contributed by atoms with E-state index in [1.54, 1.807) is 14.2 Å². The lowest BCUT2D eigenvalue weighted by Crippen LogP contribution is -2.28. The van der Waals surface area contributed by atoms with Crippen LogP contribution in [0.2, 0.25) is 0 Å². The molecule has 0 rings (SSSR count). The molecule has 34 heavy (non-hydrogen) atoms. The van der Waals surface area contributed by atoms with E-state index in [0.717, 1.165) is 51.6 Å². The van der Waals surface area contributed by atoms with Crippen molar-refractivity contribution >= 4 is 13.5 Å². The van der Waals surface area contributed by atoms with E-state index in [1.807, 2.05) is 0 Å². The van der Waals surface area contributed by atoms with E-state index in [0.29, 0.717) is 65.6 Å². The van der Waals surface area contributed by atoms with Crippen LogP contribution in [0.4, 0.5) is 0 Å². The number of methoxy groups -OCH3 is 2. The normalized spacial score (nSPS) is 14.1. The molecule has 11 heteroatoms. The Bertz CT molecular complexity index is 505. The van der Waals surface area contributed by atoms with Crippen LogP contribution < -0.4 is 10.2 Å². The van der Waals surface area contributed by atoms with Gasteiger partial charge in [0.15, 0.2) is 0 Å². The molecule has 0 aliphatic carbocycles. The van der Waals surface area contributed by atoms with Crippen LogP contribution in [0.1, 0.15) is 57.8 Å². The van der Waals surface area contributed by atoms with Gasteiger partial charge in [0.2, 0.25) is 5.91 Å². The monoisotopic (exact) mass is 512 g/mol. The van der Waals surface area contributed by atoms with Gasteiger partial charge in [0.05, 0.1) is 46.2 Å². The zero-order valence-electron chi connectivity index (χ0n) is 21.4. The van der Waals surface area contributed by atoms with Crippen molar-refractivity contribution in [3.63, 3.8) is 0 Å². The van der Waals surface area contributed by atoms with Gasteiger partial charge >= 0.3 is 0 Å². The molecule has 1 N–H and O–H groups in total. The topological polar surface area (TPSA) is 125 Å². The standard InChI is InChI=1S/C23H48NO9P/c1-28-16-18-31-21-22(32-19-17-29-2)20-30-14-10-6-4-8-12-23(25)24-13-9-5-7-11-15-33-34(3,26)27/h22H,4-21H2,1-3H3,(H,24,25)(H,26,27)/p-1. The van der Waals surface area contributed by atoms with Gasteiger partial charge in [-0.15, -0.1) is 0 Å². The van der Waals surface area contributed by atoms with Crippen LogP contribution in [0.25, 0.3) is 0 Å². The molecule has 0 saturated carbocycles. The van der Waals surface area contributed by atoms with Crippen molar-refractivity contribution in [3.8, 4) is 0 Å². The van der Waals surface area contributed by atoms with Crippen LogP contribution in [-0.4, -0.2) is 92.3 Å². The van der Waals surface area contributed by atoms with Crippen molar-refractivity contribution < 1.29 is 42.5 Å². The summed E-state index contributed by atoms with van der Waals surface area (Å²) in [6.45, 7) is 5.67. The molecule has 0 aliphatic rings. The maximum Gasteiger partial charge on any atom is 0.219 e. The Morgan fingerprint density at radius 2 is 1.38 bits per heavy atom. The Labute approximate surface area is 205 Å². The summed E-state index contributed by atoms with van der Waals surface area (Å²) in [7, 11) is -0.332. The summed E-state index contributed by atoms with van der Waals surface area (Å²) in [5.74, 6) is 0.0855. The first-order valence-electron chi connectivity index (χ1n) is 12.3. The van der Waals surface area contributed by atoms with Gasteiger partial charge in [-0.2, -0.15) is 0 Å². The molecule has 0 aliphatic heterocycles. The molecule has 0 aromatic rings. The van der Waals surface area contributed by atoms with Crippen LogP contribution in [0.3, 0.4) is 0 Å². The minimum absolute atomic E-state index is 0.0855. The first-order valence-corrected chi connectivity index (χ1v) is 14.3. The first kappa shape index (κ1) is 33.4. The Morgan fingerprint density at radius 3 is 2.06 bits per heavy atom. The Hall–Kier alpha value is -0.580. The summed E-state index contributed by atoms with van der Waals surface area (Å²) in [4.78, 5) is 22.7. The smallest absolute Gasteiger partial charge is 0.219 e. The minimum Gasteiger partial charge on any atom is -0.779 e. The van der Waals surface area contributed by atoms with Gasteiger partial charge in [0, 0.05) is 40.5 Å². The minimum atomic E-state index is -3.61. The van der Waals surface area contributed by atoms with Crippen LogP contribution >= 0.6 is 7.60 Å². The number of carbonyl (C=O) groups excluding carboxylic acids is 1. The molecular weight excluding hydrogens is 465 g/mol. The SMILES string of the molecule is COCCOCC(COCCCCCCC(=O)NCCCCCCOP(C)(=O)[O-])OCCOC. The number of nitrogens with one attached hydrogen (secondary N) is 1. The predicted molar refractivity (Wildman–Crippen MR) is 129 cm³/mol. The number of hydrogen-bond acceptors (Lipinski definition) is 9. The van der Waals surface area contributed by atoms with E-state index in [2.05, 4.69) is 5.32 Å². The fourth-order valence-corrected chi connectivity index (χ4v) is 3.45. The summed E-state index contributed by atoms with van der Waals surface area (Å²) in [6.07, 6.45) is 7.65. The van der Waals surface area contributed by atoms with Gasteiger partial charge in [0.1, 0.15) is 13.7 Å². The molecule has 0 spiro atoms. The highest BCUT2D eigenvalue weighted by molar-refractivity contribution is 7.50. The molecule has 2 unspecified atom stereocenters. The molecule has 2 atom stereocenters. The molecular formula is C23H47NO9P-. The van der Waals surface area contributed by atoms with E-state index in [4.69, 9.17) is 28.2 Å². The van der Waals surface area contributed by atoms with E-state index in [1.165, 1.54) is 0 Å². The molecule has 0 saturated heterocycles. The highest BCUT2D eigenvalue weighted by Gasteiger charge is 2.10. The number of ether oxygens (including phenoxy) is 5. The van der Waals surface area contributed by atoms with Crippen molar-refractivity contribution in [2.24, 2.45) is 0 Å². The lowest BCUT2D eigenvalue weighted by atomic mass is 10.1. The second-order valence-electron chi connectivity index (χ2n) is 8.16. The largest absolute Gasteiger partial charge is 0.779 e. The summed E-state index contributed by atoms with van der Waals surface area (Å²) >= 11 is 0. The van der Waals surface area contributed by atoms with Crippen molar-refractivity contribution in [2.45, 2.75) is 63.9 Å². The third-order valence-electron chi connectivity index (χ3n) is 4.84. The van der Waals surface area contributed by atoms with E-state index in [9.17, 15) is 14.3 Å². The lowest BCUT2D eigenvalue weighted by molar-refractivity contribution is -0.196. The average Bonchev–Trinajstić information content (AvgIpc) is 2.79. The zero-order chi connectivity index (χ0) is 25.3. The molecule has 10 nitrogen and oxygen atoms in total. The maximum atomic E-state index is 11.9. The fourth-order valence-electron chi connectivity index (χ4n) is 2.98. The van der Waals surface area contributed by atoms with E-state index < -0.39 is 7.60 Å². The van der Waals surface area contributed by atoms with Crippen molar-refractivity contribution in [3.05, 3.63) is 0 Å². The molecule has 1 amide bonds. The van der Waals surface area contributed by atoms with Crippen LogP contribution in [-0.2, 0) is 37.6 Å². The molecule has 0 heterocycles. The quantitative estimate of drug-likeness (QED) is 0.137. The molecule has 0 fully saturated rings. The van der Waals surface area contributed by atoms with Gasteiger partial charge in [-0.25, -0.2) is 0 Å². The maximum absolute atomic E-state index is 11.9. The van der Waals surface area contributed by atoms with Gasteiger partial charge < -0.3 is 43.0 Å². The number of amides is 1. The van der Waals surface area contributed by atoms with Crippen molar-refractivity contribution in [2.75, 3.05) is 80.3 Å². The van der Waals surface area contributed by atoms with Crippen molar-refractivity contribution in [1.82, 2.24) is 5.32 Å². The highest BCUT2D eigenvalue weighted by Crippen LogP contribution is 2.31. The van der Waals surface area contributed by atoms with Crippen LogP contribution in [0.5, 0.6) is 0 Å². The van der Waals surface area contributed by atoms with Crippen LogP contribution in [0.15, 0.2) is 0 Å². The second-order valence-corrected chi connectivity index (χ2v) is 9.96. The van der Waals surface area contributed by atoms with E-state index in [-0.39, 0.29) is 18.6 Å². The molecule has 0 radical (unpaired) electrons. The Balaban J connectivity index is 3.55. The van der Waals surface area contributed by atoms with Gasteiger partial charge in [0.25, 0.3) is 0 Å². The number of unbranched alkanes of at least 4 members (excludes halogenated alkanes) is 6. The third kappa shape index (κ3) is 26.0. The number of rotatable bonds is 26. The fraction of sp³-hybridized carbons (Fsp3) is 0.957. The predicted octanol–water partition coefficient (Wildman–Crippen LogP) is 2.52. The zero-order valence-corrected chi connectivity index (χ0v) is 22.3. The number of hydrogen-bond donors (Lipinski definition) is 1. The Morgan fingerprint density at radius 1 is 0.794 bits per heavy atom. The van der Waals surface area contributed by atoms with Gasteiger partial charge in [-0.05, 0) is 25.7 Å². The van der Waals surface area contributed by atoms with E-state index >= 15 is 0 Å². The summed E-state index contributed by atoms with van der Waals surface area (Å²) in [5.41, 5.74) is 0. The average molecular weight is 513 g/mol. The van der Waals surface area contributed by atoms with Gasteiger partial charge in [-0.1, -0.05) is 25.7 Å². The second kappa shape index (κ2) is 24.1. The molecule has 204 valence electrons. The summed E-state index contributed by atoms with van der Waals surface area (Å²) in [6, 6.07) is 0. The number of carbonyl (C=O) groups is 1. The first-order chi connectivity index (χ1) is 16.4. The van der Waals surface area contributed by atoms with Crippen molar-refractivity contribution in [1.29, 1.82) is 0 Å². The van der Waals surface area contributed by atoms with Crippen LogP contribution in [0, 0.1) is 0 Å². The van der Waals surface area contributed by atoms with Gasteiger partial charge in [-0.3, -0.25) is 4.79 Å². The Kier molecular flexibility index (Phi) is 23.7. The molecule has 0 aromatic heterocycles. The summed E-state index contributed by atoms with van der Waals surface area (Å²) < 4.78 is 42.6. The molecule has 0 aromatic carbocycles.